The van der Waals surface area contributed by atoms with Crippen molar-refractivity contribution in [1.29, 1.82) is 0 Å². The van der Waals surface area contributed by atoms with Crippen LogP contribution < -0.4 is 10.6 Å². The molecular weight excluding hydrogens is 172 g/mol. The van der Waals surface area contributed by atoms with E-state index in [0.29, 0.717) is 6.04 Å². The van der Waals surface area contributed by atoms with Crippen molar-refractivity contribution < 1.29 is 0 Å². The summed E-state index contributed by atoms with van der Waals surface area (Å²) in [6.45, 7) is 6.85. The molecule has 1 heterocycles. The lowest BCUT2D eigenvalue weighted by Gasteiger charge is -2.30. The summed E-state index contributed by atoms with van der Waals surface area (Å²) in [6.07, 6.45) is 8.14. The van der Waals surface area contributed by atoms with Crippen molar-refractivity contribution in [2.24, 2.45) is 0 Å². The number of rotatable bonds is 6. The summed E-state index contributed by atoms with van der Waals surface area (Å²) in [5, 5.41) is 7.23. The van der Waals surface area contributed by atoms with Gasteiger partial charge in [0.25, 0.3) is 0 Å². The first-order valence-corrected chi connectivity index (χ1v) is 6.33. The Balaban J connectivity index is 1.98. The Morgan fingerprint density at radius 1 is 0.929 bits per heavy atom. The molecule has 0 saturated carbocycles. The molecule has 2 nitrogen and oxygen atoms in total. The second-order valence-corrected chi connectivity index (χ2v) is 4.47. The zero-order chi connectivity index (χ0) is 10.2. The van der Waals surface area contributed by atoms with Gasteiger partial charge in [-0.05, 0) is 12.8 Å². The predicted molar refractivity (Wildman–Crippen MR) is 62.6 cm³/mol. The van der Waals surface area contributed by atoms with Crippen molar-refractivity contribution in [3.05, 3.63) is 0 Å². The molecule has 2 heteroatoms. The van der Waals surface area contributed by atoms with Crippen molar-refractivity contribution in [1.82, 2.24) is 10.6 Å². The molecule has 0 bridgehead atoms. The lowest BCUT2D eigenvalue weighted by molar-refractivity contribution is 0.322. The van der Waals surface area contributed by atoms with Crippen LogP contribution in [0.25, 0.3) is 0 Å². The smallest absolute Gasteiger partial charge is 0.0193 e. The van der Waals surface area contributed by atoms with E-state index in [1.807, 2.05) is 0 Å². The summed E-state index contributed by atoms with van der Waals surface area (Å²) >= 11 is 0. The molecule has 14 heavy (non-hydrogen) atoms. The van der Waals surface area contributed by atoms with Gasteiger partial charge in [-0.1, -0.05) is 39.5 Å². The van der Waals surface area contributed by atoms with Gasteiger partial charge >= 0.3 is 0 Å². The molecule has 0 spiro atoms. The Morgan fingerprint density at radius 2 is 1.64 bits per heavy atom. The Kier molecular flexibility index (Phi) is 6.20. The third-order valence-electron chi connectivity index (χ3n) is 3.20. The summed E-state index contributed by atoms with van der Waals surface area (Å²) in [6, 6.07) is 1.44. The molecular formula is C12H26N2. The quantitative estimate of drug-likeness (QED) is 0.640. The van der Waals surface area contributed by atoms with Crippen LogP contribution in [-0.2, 0) is 0 Å². The fraction of sp³-hybridized carbons (Fsp3) is 1.00. The normalized spacial score (nSPS) is 27.9. The van der Waals surface area contributed by atoms with Gasteiger partial charge in [0.1, 0.15) is 0 Å². The molecule has 0 amide bonds. The minimum Gasteiger partial charge on any atom is -0.311 e. The molecule has 0 aromatic heterocycles. The van der Waals surface area contributed by atoms with Crippen LogP contribution in [0.4, 0.5) is 0 Å². The zero-order valence-corrected chi connectivity index (χ0v) is 9.81. The molecule has 84 valence electrons. The largest absolute Gasteiger partial charge is 0.311 e. The minimum atomic E-state index is 0.710. The first kappa shape index (κ1) is 12.0. The topological polar surface area (TPSA) is 24.1 Å². The highest BCUT2D eigenvalue weighted by Gasteiger charge is 2.17. The molecule has 2 N–H and O–H groups in total. The van der Waals surface area contributed by atoms with Gasteiger partial charge in [-0.3, -0.25) is 0 Å². The summed E-state index contributed by atoms with van der Waals surface area (Å²) in [5.74, 6) is 0. The van der Waals surface area contributed by atoms with Crippen LogP contribution in [0.2, 0.25) is 0 Å². The van der Waals surface area contributed by atoms with Crippen molar-refractivity contribution in [2.45, 2.75) is 64.5 Å². The minimum absolute atomic E-state index is 0.710. The molecule has 0 aromatic carbocycles. The van der Waals surface area contributed by atoms with E-state index >= 15 is 0 Å². The average Bonchev–Trinajstić information content (AvgIpc) is 2.25. The van der Waals surface area contributed by atoms with E-state index in [-0.39, 0.29) is 0 Å². The number of nitrogens with one attached hydrogen (secondary N) is 2. The maximum atomic E-state index is 3.63. The monoisotopic (exact) mass is 198 g/mol. The summed E-state index contributed by atoms with van der Waals surface area (Å²) in [5.41, 5.74) is 0. The lowest BCUT2D eigenvalue weighted by Crippen LogP contribution is -2.53. The molecule has 2 atom stereocenters. The van der Waals surface area contributed by atoms with E-state index in [4.69, 9.17) is 0 Å². The van der Waals surface area contributed by atoms with Crippen LogP contribution >= 0.6 is 0 Å². The average molecular weight is 198 g/mol. The van der Waals surface area contributed by atoms with Gasteiger partial charge in [0.2, 0.25) is 0 Å². The fourth-order valence-electron chi connectivity index (χ4n) is 2.07. The van der Waals surface area contributed by atoms with E-state index < -0.39 is 0 Å². The van der Waals surface area contributed by atoms with Crippen molar-refractivity contribution in [2.75, 3.05) is 13.1 Å². The van der Waals surface area contributed by atoms with Crippen LogP contribution in [-0.4, -0.2) is 25.2 Å². The number of piperazine rings is 1. The van der Waals surface area contributed by atoms with Gasteiger partial charge in [0.15, 0.2) is 0 Å². The summed E-state index contributed by atoms with van der Waals surface area (Å²) in [7, 11) is 0. The first-order chi connectivity index (χ1) is 6.86. The zero-order valence-electron chi connectivity index (χ0n) is 9.81. The molecule has 0 radical (unpaired) electrons. The third kappa shape index (κ3) is 4.43. The number of hydrogen-bond acceptors (Lipinski definition) is 2. The molecule has 1 rings (SSSR count). The molecule has 0 aromatic rings. The SMILES string of the molecule is CCCCCCC1CNC(CC)CN1. The number of hydrogen-bond donors (Lipinski definition) is 2. The molecule has 1 saturated heterocycles. The molecule has 1 aliphatic heterocycles. The lowest BCUT2D eigenvalue weighted by atomic mass is 10.0. The van der Waals surface area contributed by atoms with Crippen LogP contribution in [0.15, 0.2) is 0 Å². The fourth-order valence-corrected chi connectivity index (χ4v) is 2.07. The van der Waals surface area contributed by atoms with Gasteiger partial charge in [-0.2, -0.15) is 0 Å². The Bertz CT molecular complexity index is 128. The van der Waals surface area contributed by atoms with E-state index in [1.165, 1.54) is 45.1 Å². The standard InChI is InChI=1S/C12H26N2/c1-3-5-6-7-8-12-10-13-11(4-2)9-14-12/h11-14H,3-10H2,1-2H3. The van der Waals surface area contributed by atoms with Gasteiger partial charge < -0.3 is 10.6 Å². The Labute approximate surface area is 88.8 Å². The van der Waals surface area contributed by atoms with Crippen LogP contribution in [0.5, 0.6) is 0 Å². The highest BCUT2D eigenvalue weighted by Crippen LogP contribution is 2.07. The predicted octanol–water partition coefficient (Wildman–Crippen LogP) is 2.30. The van der Waals surface area contributed by atoms with Crippen LogP contribution in [0.3, 0.4) is 0 Å². The second kappa shape index (κ2) is 7.24. The van der Waals surface area contributed by atoms with Gasteiger partial charge in [0.05, 0.1) is 0 Å². The number of unbranched alkanes of at least 4 members (excludes halogenated alkanes) is 3. The summed E-state index contributed by atoms with van der Waals surface area (Å²) < 4.78 is 0. The highest BCUT2D eigenvalue weighted by molar-refractivity contribution is 4.81. The Hall–Kier alpha value is -0.0800. The first-order valence-electron chi connectivity index (χ1n) is 6.33. The molecule has 2 unspecified atom stereocenters. The molecule has 1 aliphatic rings. The van der Waals surface area contributed by atoms with Crippen molar-refractivity contribution in [3.8, 4) is 0 Å². The van der Waals surface area contributed by atoms with Crippen molar-refractivity contribution >= 4 is 0 Å². The molecule has 1 fully saturated rings. The second-order valence-electron chi connectivity index (χ2n) is 4.47. The maximum Gasteiger partial charge on any atom is 0.0193 e. The van der Waals surface area contributed by atoms with Crippen molar-refractivity contribution in [3.63, 3.8) is 0 Å². The van der Waals surface area contributed by atoms with Crippen LogP contribution in [0, 0.1) is 0 Å². The van der Waals surface area contributed by atoms with E-state index in [0.717, 1.165) is 12.6 Å². The highest BCUT2D eigenvalue weighted by atomic mass is 15.1. The maximum absolute atomic E-state index is 3.63. The molecule has 0 aliphatic carbocycles. The van der Waals surface area contributed by atoms with Gasteiger partial charge in [-0.15, -0.1) is 0 Å². The van der Waals surface area contributed by atoms with Gasteiger partial charge in [-0.25, -0.2) is 0 Å². The third-order valence-corrected chi connectivity index (χ3v) is 3.20. The van der Waals surface area contributed by atoms with E-state index in [1.54, 1.807) is 0 Å². The van der Waals surface area contributed by atoms with Gasteiger partial charge in [0, 0.05) is 25.2 Å². The summed E-state index contributed by atoms with van der Waals surface area (Å²) in [4.78, 5) is 0. The Morgan fingerprint density at radius 3 is 2.21 bits per heavy atom. The van der Waals surface area contributed by atoms with E-state index in [2.05, 4.69) is 24.5 Å². The van der Waals surface area contributed by atoms with E-state index in [9.17, 15) is 0 Å². The van der Waals surface area contributed by atoms with Crippen LogP contribution in [0.1, 0.15) is 52.4 Å².